The lowest BCUT2D eigenvalue weighted by atomic mass is 10.2. The molecule has 1 fully saturated rings. The van der Waals surface area contributed by atoms with Crippen LogP contribution >= 0.6 is 0 Å². The van der Waals surface area contributed by atoms with Gasteiger partial charge in [-0.05, 0) is 7.05 Å². The first kappa shape index (κ1) is 9.48. The van der Waals surface area contributed by atoms with Gasteiger partial charge in [-0.3, -0.25) is 4.79 Å². The first-order valence-electron chi connectivity index (χ1n) is 4.12. The summed E-state index contributed by atoms with van der Waals surface area (Å²) >= 11 is 0. The van der Waals surface area contributed by atoms with Crippen molar-refractivity contribution in [2.24, 2.45) is 0 Å². The van der Waals surface area contributed by atoms with Gasteiger partial charge in [-0.1, -0.05) is 0 Å². The zero-order valence-electron chi connectivity index (χ0n) is 7.83. The molecule has 1 N–H and O–H groups in total. The molecule has 0 aromatic rings. The highest BCUT2D eigenvalue weighted by atomic mass is 16.5. The van der Waals surface area contributed by atoms with Crippen LogP contribution in [0.2, 0.25) is 0 Å². The molecular formula is C8H16N2O2. The minimum Gasteiger partial charge on any atom is -0.378 e. The summed E-state index contributed by atoms with van der Waals surface area (Å²) < 4.78 is 5.24. The first-order valence-corrected chi connectivity index (χ1v) is 4.12. The van der Waals surface area contributed by atoms with Crippen molar-refractivity contribution in [2.75, 3.05) is 27.2 Å². The number of amides is 1. The summed E-state index contributed by atoms with van der Waals surface area (Å²) in [5.41, 5.74) is 0. The fourth-order valence-corrected chi connectivity index (χ4v) is 1.60. The molecule has 2 atom stereocenters. The van der Waals surface area contributed by atoms with Crippen LogP contribution in [0.3, 0.4) is 0 Å². The van der Waals surface area contributed by atoms with Crippen LogP contribution in [0.4, 0.5) is 0 Å². The minimum absolute atomic E-state index is 0.0114. The quantitative estimate of drug-likeness (QED) is 0.607. The van der Waals surface area contributed by atoms with E-state index in [9.17, 15) is 4.79 Å². The second kappa shape index (κ2) is 3.87. The van der Waals surface area contributed by atoms with E-state index in [0.29, 0.717) is 0 Å². The van der Waals surface area contributed by atoms with Gasteiger partial charge >= 0.3 is 0 Å². The number of methoxy groups -OCH3 is 1. The van der Waals surface area contributed by atoms with Gasteiger partial charge in [-0.15, -0.1) is 0 Å². The molecule has 0 radical (unpaired) electrons. The third-order valence-electron chi connectivity index (χ3n) is 2.14. The summed E-state index contributed by atoms with van der Waals surface area (Å²) in [5, 5.41) is 2.87. The van der Waals surface area contributed by atoms with E-state index < -0.39 is 0 Å². The molecule has 1 heterocycles. The summed E-state index contributed by atoms with van der Waals surface area (Å²) in [5.74, 6) is 0.0114. The lowest BCUT2D eigenvalue weighted by Gasteiger charge is -2.16. The fraction of sp³-hybridized carbons (Fsp3) is 0.875. The summed E-state index contributed by atoms with van der Waals surface area (Å²) in [4.78, 5) is 12.9. The van der Waals surface area contributed by atoms with Crippen molar-refractivity contribution in [3.8, 4) is 0 Å². The van der Waals surface area contributed by atoms with Crippen molar-refractivity contribution in [1.29, 1.82) is 0 Å². The molecule has 1 aliphatic rings. The normalized spacial score (nSPS) is 30.6. The topological polar surface area (TPSA) is 41.6 Å². The van der Waals surface area contributed by atoms with Crippen molar-refractivity contribution in [3.63, 3.8) is 0 Å². The SMILES string of the molecule is COC1CN(C)CC1NC(C)=O. The molecule has 0 aromatic carbocycles. The van der Waals surface area contributed by atoms with Crippen LogP contribution in [-0.2, 0) is 9.53 Å². The van der Waals surface area contributed by atoms with Gasteiger partial charge in [-0.25, -0.2) is 0 Å². The van der Waals surface area contributed by atoms with E-state index in [2.05, 4.69) is 10.2 Å². The van der Waals surface area contributed by atoms with Crippen molar-refractivity contribution in [3.05, 3.63) is 0 Å². The van der Waals surface area contributed by atoms with Gasteiger partial charge in [0.05, 0.1) is 12.1 Å². The Morgan fingerprint density at radius 1 is 1.58 bits per heavy atom. The van der Waals surface area contributed by atoms with Crippen LogP contribution in [0.5, 0.6) is 0 Å². The van der Waals surface area contributed by atoms with E-state index in [1.807, 2.05) is 7.05 Å². The number of carbonyl (C=O) groups is 1. The average molecular weight is 172 g/mol. The van der Waals surface area contributed by atoms with E-state index in [1.54, 1.807) is 7.11 Å². The van der Waals surface area contributed by atoms with Crippen LogP contribution in [0.1, 0.15) is 6.92 Å². The molecule has 1 saturated heterocycles. The predicted octanol–water partition coefficient (Wildman–Crippen LogP) is -0.548. The van der Waals surface area contributed by atoms with Crippen LogP contribution in [0.25, 0.3) is 0 Å². The Balaban J connectivity index is 2.46. The summed E-state index contributed by atoms with van der Waals surface area (Å²) in [6, 6.07) is 0.150. The molecule has 4 heteroatoms. The second-order valence-corrected chi connectivity index (χ2v) is 3.30. The number of likely N-dealkylation sites (N-methyl/N-ethyl adjacent to an activating group) is 1. The summed E-state index contributed by atoms with van der Waals surface area (Å²) in [6.45, 7) is 3.30. The van der Waals surface area contributed by atoms with Crippen LogP contribution in [-0.4, -0.2) is 50.2 Å². The Bertz CT molecular complexity index is 172. The molecule has 2 unspecified atom stereocenters. The Morgan fingerprint density at radius 2 is 2.25 bits per heavy atom. The lowest BCUT2D eigenvalue weighted by molar-refractivity contribution is -0.120. The van der Waals surface area contributed by atoms with Crippen LogP contribution in [0, 0.1) is 0 Å². The standard InChI is InChI=1S/C8H16N2O2/c1-6(11)9-7-4-10(2)5-8(7)12-3/h7-8H,4-5H2,1-3H3,(H,9,11). The highest BCUT2D eigenvalue weighted by molar-refractivity contribution is 5.73. The highest BCUT2D eigenvalue weighted by Gasteiger charge is 2.30. The molecular weight excluding hydrogens is 156 g/mol. The maximum absolute atomic E-state index is 10.8. The number of carbonyl (C=O) groups excluding carboxylic acids is 1. The predicted molar refractivity (Wildman–Crippen MR) is 45.9 cm³/mol. The van der Waals surface area contributed by atoms with E-state index in [0.717, 1.165) is 13.1 Å². The maximum atomic E-state index is 10.8. The van der Waals surface area contributed by atoms with E-state index in [1.165, 1.54) is 6.92 Å². The molecule has 0 spiro atoms. The Labute approximate surface area is 72.9 Å². The van der Waals surface area contributed by atoms with Gasteiger partial charge in [-0.2, -0.15) is 0 Å². The van der Waals surface area contributed by atoms with Gasteiger partial charge in [0.15, 0.2) is 0 Å². The minimum atomic E-state index is 0.0114. The van der Waals surface area contributed by atoms with Crippen molar-refractivity contribution in [1.82, 2.24) is 10.2 Å². The first-order chi connectivity index (χ1) is 5.63. The Kier molecular flexibility index (Phi) is 3.05. The third-order valence-corrected chi connectivity index (χ3v) is 2.14. The van der Waals surface area contributed by atoms with Gasteiger partial charge in [0.25, 0.3) is 0 Å². The second-order valence-electron chi connectivity index (χ2n) is 3.30. The number of nitrogens with one attached hydrogen (secondary N) is 1. The molecule has 1 aliphatic heterocycles. The molecule has 0 saturated carbocycles. The zero-order valence-corrected chi connectivity index (χ0v) is 7.83. The lowest BCUT2D eigenvalue weighted by Crippen LogP contribution is -2.42. The smallest absolute Gasteiger partial charge is 0.217 e. The third kappa shape index (κ3) is 2.19. The Morgan fingerprint density at radius 3 is 2.75 bits per heavy atom. The number of likely N-dealkylation sites (tertiary alicyclic amines) is 1. The number of hydrogen-bond acceptors (Lipinski definition) is 3. The highest BCUT2D eigenvalue weighted by Crippen LogP contribution is 2.10. The van der Waals surface area contributed by atoms with E-state index >= 15 is 0 Å². The van der Waals surface area contributed by atoms with E-state index in [4.69, 9.17) is 4.74 Å². The number of nitrogens with zero attached hydrogens (tertiary/aromatic N) is 1. The number of hydrogen-bond donors (Lipinski definition) is 1. The fourth-order valence-electron chi connectivity index (χ4n) is 1.60. The molecule has 0 bridgehead atoms. The zero-order chi connectivity index (χ0) is 9.14. The van der Waals surface area contributed by atoms with Crippen molar-refractivity contribution < 1.29 is 9.53 Å². The number of rotatable bonds is 2. The number of ether oxygens (including phenoxy) is 1. The Hall–Kier alpha value is -0.610. The van der Waals surface area contributed by atoms with Crippen LogP contribution < -0.4 is 5.32 Å². The largest absolute Gasteiger partial charge is 0.378 e. The van der Waals surface area contributed by atoms with Gasteiger partial charge in [0.2, 0.25) is 5.91 Å². The van der Waals surface area contributed by atoms with Crippen molar-refractivity contribution >= 4 is 5.91 Å². The molecule has 4 nitrogen and oxygen atoms in total. The molecule has 12 heavy (non-hydrogen) atoms. The average Bonchev–Trinajstić information content (AvgIpc) is 2.29. The van der Waals surface area contributed by atoms with Gasteiger partial charge < -0.3 is 15.0 Å². The molecule has 70 valence electrons. The molecule has 0 aliphatic carbocycles. The molecule has 0 aromatic heterocycles. The van der Waals surface area contributed by atoms with Crippen LogP contribution in [0.15, 0.2) is 0 Å². The monoisotopic (exact) mass is 172 g/mol. The summed E-state index contributed by atoms with van der Waals surface area (Å²) in [6.07, 6.45) is 0.138. The molecule has 1 rings (SSSR count). The van der Waals surface area contributed by atoms with Gasteiger partial charge in [0, 0.05) is 27.1 Å². The van der Waals surface area contributed by atoms with Crippen molar-refractivity contribution in [2.45, 2.75) is 19.1 Å². The maximum Gasteiger partial charge on any atom is 0.217 e. The van der Waals surface area contributed by atoms with E-state index in [-0.39, 0.29) is 18.1 Å². The molecule has 1 amide bonds. The summed E-state index contributed by atoms with van der Waals surface area (Å²) in [7, 11) is 3.70. The van der Waals surface area contributed by atoms with Gasteiger partial charge in [0.1, 0.15) is 0 Å².